The normalized spacial score (nSPS) is 22.5. The van der Waals surface area contributed by atoms with Gasteiger partial charge in [-0.15, -0.1) is 0 Å². The van der Waals surface area contributed by atoms with Crippen molar-refractivity contribution in [2.75, 3.05) is 18.5 Å². The second-order valence-electron chi connectivity index (χ2n) is 5.70. The number of aliphatic hydroxyl groups excluding tert-OH is 1. The van der Waals surface area contributed by atoms with E-state index in [-0.39, 0.29) is 6.61 Å². The van der Waals surface area contributed by atoms with E-state index in [9.17, 15) is 9.90 Å². The molecule has 2 unspecified atom stereocenters. The highest BCUT2D eigenvalue weighted by Crippen LogP contribution is 2.30. The summed E-state index contributed by atoms with van der Waals surface area (Å²) in [6, 6.07) is 5.33. The number of carboxylic acid groups (broad SMARTS) is 1. The molecule has 0 heterocycles. The van der Waals surface area contributed by atoms with Crippen LogP contribution in [0, 0.1) is 18.8 Å². The molecule has 4 nitrogen and oxygen atoms in total. The molecular formula is C16H23NO3. The minimum atomic E-state index is -0.887. The van der Waals surface area contributed by atoms with Crippen LogP contribution < -0.4 is 5.32 Å². The maximum absolute atomic E-state index is 11.0. The molecule has 2 rings (SSSR count). The number of carbonyl (C=O) groups is 1. The summed E-state index contributed by atoms with van der Waals surface area (Å²) in [5.41, 5.74) is 2.07. The van der Waals surface area contributed by atoms with Gasteiger partial charge < -0.3 is 15.5 Å². The summed E-state index contributed by atoms with van der Waals surface area (Å²) >= 11 is 0. The summed E-state index contributed by atoms with van der Waals surface area (Å²) in [6.07, 6.45) is 4.72. The monoisotopic (exact) mass is 277 g/mol. The Labute approximate surface area is 119 Å². The zero-order chi connectivity index (χ0) is 14.5. The van der Waals surface area contributed by atoms with E-state index in [1.807, 2.05) is 19.1 Å². The highest BCUT2D eigenvalue weighted by Gasteiger charge is 2.24. The Morgan fingerprint density at radius 2 is 2.00 bits per heavy atom. The fourth-order valence-electron chi connectivity index (χ4n) is 3.06. The summed E-state index contributed by atoms with van der Waals surface area (Å²) < 4.78 is 0. The van der Waals surface area contributed by atoms with E-state index in [0.717, 1.165) is 30.6 Å². The van der Waals surface area contributed by atoms with Gasteiger partial charge in [-0.3, -0.25) is 0 Å². The zero-order valence-electron chi connectivity index (χ0n) is 11.9. The average Bonchev–Trinajstić information content (AvgIpc) is 2.45. The molecule has 1 aliphatic carbocycles. The predicted octanol–water partition coefficient (Wildman–Crippen LogP) is 2.90. The summed E-state index contributed by atoms with van der Waals surface area (Å²) in [6.45, 7) is 2.92. The molecule has 1 aromatic rings. The molecule has 1 fully saturated rings. The van der Waals surface area contributed by atoms with Gasteiger partial charge in [-0.25, -0.2) is 4.79 Å². The number of benzene rings is 1. The molecule has 3 N–H and O–H groups in total. The standard InChI is InChI=1S/C16H23NO3/c1-11-8-14(6-7-15(11)16(19)20)17-9-12-4-2-3-5-13(12)10-18/h6-8,12-13,17-18H,2-5,9-10H2,1H3,(H,19,20). The summed E-state index contributed by atoms with van der Waals surface area (Å²) in [5.74, 6) is 0.0190. The van der Waals surface area contributed by atoms with Crippen LogP contribution in [0.5, 0.6) is 0 Å². The number of aliphatic hydroxyl groups is 1. The molecule has 110 valence electrons. The molecule has 1 saturated carbocycles. The van der Waals surface area contributed by atoms with Gasteiger partial charge in [-0.05, 0) is 55.4 Å². The quantitative estimate of drug-likeness (QED) is 0.774. The third kappa shape index (κ3) is 3.51. The van der Waals surface area contributed by atoms with Crippen molar-refractivity contribution in [2.24, 2.45) is 11.8 Å². The van der Waals surface area contributed by atoms with E-state index < -0.39 is 5.97 Å². The molecule has 0 radical (unpaired) electrons. The molecule has 0 spiro atoms. The SMILES string of the molecule is Cc1cc(NCC2CCCCC2CO)ccc1C(=O)O. The van der Waals surface area contributed by atoms with E-state index in [4.69, 9.17) is 5.11 Å². The van der Waals surface area contributed by atoms with Crippen LogP contribution in [-0.2, 0) is 0 Å². The molecule has 0 aromatic heterocycles. The summed E-state index contributed by atoms with van der Waals surface area (Å²) in [4.78, 5) is 11.0. The van der Waals surface area contributed by atoms with E-state index >= 15 is 0 Å². The Hall–Kier alpha value is -1.55. The Bertz CT molecular complexity index is 473. The Morgan fingerprint density at radius 1 is 1.30 bits per heavy atom. The van der Waals surface area contributed by atoms with E-state index in [0.29, 0.717) is 17.4 Å². The lowest BCUT2D eigenvalue weighted by atomic mass is 9.79. The lowest BCUT2D eigenvalue weighted by molar-refractivity contribution is 0.0696. The van der Waals surface area contributed by atoms with Crippen LogP contribution in [0.15, 0.2) is 18.2 Å². The number of aromatic carboxylic acids is 1. The highest BCUT2D eigenvalue weighted by atomic mass is 16.4. The van der Waals surface area contributed by atoms with Gasteiger partial charge in [0.1, 0.15) is 0 Å². The van der Waals surface area contributed by atoms with Crippen LogP contribution in [0.2, 0.25) is 0 Å². The molecular weight excluding hydrogens is 254 g/mol. The van der Waals surface area contributed by atoms with Crippen molar-refractivity contribution in [3.63, 3.8) is 0 Å². The van der Waals surface area contributed by atoms with Crippen LogP contribution in [0.25, 0.3) is 0 Å². The third-order valence-electron chi connectivity index (χ3n) is 4.33. The second-order valence-corrected chi connectivity index (χ2v) is 5.70. The lowest BCUT2D eigenvalue weighted by Gasteiger charge is -2.30. The fourth-order valence-corrected chi connectivity index (χ4v) is 3.06. The molecule has 0 aliphatic heterocycles. The van der Waals surface area contributed by atoms with Gasteiger partial charge in [0.2, 0.25) is 0 Å². The molecule has 4 heteroatoms. The van der Waals surface area contributed by atoms with E-state index in [2.05, 4.69) is 5.32 Å². The first kappa shape index (κ1) is 14.9. The van der Waals surface area contributed by atoms with Crippen molar-refractivity contribution < 1.29 is 15.0 Å². The Morgan fingerprint density at radius 3 is 2.60 bits per heavy atom. The van der Waals surface area contributed by atoms with Gasteiger partial charge in [0.05, 0.1) is 5.56 Å². The van der Waals surface area contributed by atoms with Gasteiger partial charge in [0.25, 0.3) is 0 Å². The van der Waals surface area contributed by atoms with Gasteiger partial charge in [-0.2, -0.15) is 0 Å². The largest absolute Gasteiger partial charge is 0.478 e. The molecule has 20 heavy (non-hydrogen) atoms. The third-order valence-corrected chi connectivity index (χ3v) is 4.33. The number of hydrogen-bond acceptors (Lipinski definition) is 3. The zero-order valence-corrected chi connectivity index (χ0v) is 11.9. The van der Waals surface area contributed by atoms with Crippen LogP contribution >= 0.6 is 0 Å². The number of nitrogens with one attached hydrogen (secondary N) is 1. The first-order valence-electron chi connectivity index (χ1n) is 7.30. The van der Waals surface area contributed by atoms with Gasteiger partial charge in [0.15, 0.2) is 0 Å². The topological polar surface area (TPSA) is 69.6 Å². The van der Waals surface area contributed by atoms with E-state index in [1.165, 1.54) is 12.8 Å². The molecule has 1 aliphatic rings. The Balaban J connectivity index is 1.96. The first-order chi connectivity index (χ1) is 9.61. The number of rotatable bonds is 5. The molecule has 0 amide bonds. The van der Waals surface area contributed by atoms with Crippen LogP contribution in [0.4, 0.5) is 5.69 Å². The van der Waals surface area contributed by atoms with Crippen LogP contribution in [0.1, 0.15) is 41.6 Å². The molecule has 1 aromatic carbocycles. The number of carboxylic acids is 1. The molecule has 0 saturated heterocycles. The second kappa shape index (κ2) is 6.75. The van der Waals surface area contributed by atoms with Crippen molar-refractivity contribution in [2.45, 2.75) is 32.6 Å². The number of aryl methyl sites for hydroxylation is 1. The molecule has 2 atom stereocenters. The average molecular weight is 277 g/mol. The van der Waals surface area contributed by atoms with E-state index in [1.54, 1.807) is 6.07 Å². The molecule has 0 bridgehead atoms. The van der Waals surface area contributed by atoms with Crippen molar-refractivity contribution >= 4 is 11.7 Å². The fraction of sp³-hybridized carbons (Fsp3) is 0.562. The maximum Gasteiger partial charge on any atom is 0.335 e. The van der Waals surface area contributed by atoms with Crippen molar-refractivity contribution in [1.82, 2.24) is 0 Å². The number of hydrogen-bond donors (Lipinski definition) is 3. The Kier molecular flexibility index (Phi) is 5.01. The van der Waals surface area contributed by atoms with Gasteiger partial charge in [-0.1, -0.05) is 12.8 Å². The summed E-state index contributed by atoms with van der Waals surface area (Å²) in [5, 5.41) is 21.8. The van der Waals surface area contributed by atoms with Crippen molar-refractivity contribution in [3.05, 3.63) is 29.3 Å². The van der Waals surface area contributed by atoms with Gasteiger partial charge >= 0.3 is 5.97 Å². The highest BCUT2D eigenvalue weighted by molar-refractivity contribution is 5.89. The minimum absolute atomic E-state index is 0.267. The van der Waals surface area contributed by atoms with Crippen molar-refractivity contribution in [1.29, 1.82) is 0 Å². The van der Waals surface area contributed by atoms with Gasteiger partial charge in [0, 0.05) is 18.8 Å². The predicted molar refractivity (Wildman–Crippen MR) is 79.2 cm³/mol. The minimum Gasteiger partial charge on any atom is -0.478 e. The van der Waals surface area contributed by atoms with Crippen molar-refractivity contribution in [3.8, 4) is 0 Å². The lowest BCUT2D eigenvalue weighted by Crippen LogP contribution is -2.28. The first-order valence-corrected chi connectivity index (χ1v) is 7.30. The van der Waals surface area contributed by atoms with Crippen LogP contribution in [0.3, 0.4) is 0 Å². The van der Waals surface area contributed by atoms with Crippen LogP contribution in [-0.4, -0.2) is 29.3 Å². The smallest absolute Gasteiger partial charge is 0.335 e. The maximum atomic E-state index is 11.0. The number of anilines is 1. The summed E-state index contributed by atoms with van der Waals surface area (Å²) in [7, 11) is 0.